The summed E-state index contributed by atoms with van der Waals surface area (Å²) in [6, 6.07) is 2.22. The lowest BCUT2D eigenvalue weighted by Crippen LogP contribution is -2.42. The molecule has 1 aromatic rings. The highest BCUT2D eigenvalue weighted by Crippen LogP contribution is 2.31. The largest absolute Gasteiger partial charge is 0.352 e. The summed E-state index contributed by atoms with van der Waals surface area (Å²) in [5.41, 5.74) is 0. The van der Waals surface area contributed by atoms with Crippen LogP contribution in [0.2, 0.25) is 4.34 Å². The van der Waals surface area contributed by atoms with Crippen LogP contribution in [0.15, 0.2) is 10.5 Å². The minimum Gasteiger partial charge on any atom is -0.352 e. The predicted octanol–water partition coefficient (Wildman–Crippen LogP) is 2.92. The Morgan fingerprint density at radius 1 is 1.71 bits per heavy atom. The summed E-state index contributed by atoms with van der Waals surface area (Å²) in [6.45, 7) is 2.54. The molecule has 1 aromatic heterocycles. The Hall–Kier alpha value is -0.100. The highest BCUT2D eigenvalue weighted by Gasteiger charge is 2.25. The van der Waals surface area contributed by atoms with E-state index in [0.717, 1.165) is 26.5 Å². The Morgan fingerprint density at radius 2 is 2.41 bits per heavy atom. The molecule has 0 spiro atoms. The van der Waals surface area contributed by atoms with Crippen LogP contribution in [-0.4, -0.2) is 18.0 Å². The van der Waals surface area contributed by atoms with Gasteiger partial charge in [-0.25, -0.2) is 0 Å². The summed E-state index contributed by atoms with van der Waals surface area (Å²) in [5, 5.41) is 6.16. The first-order valence-corrected chi connectivity index (χ1v) is 7.52. The van der Waals surface area contributed by atoms with Crippen molar-refractivity contribution in [2.75, 3.05) is 0 Å². The summed E-state index contributed by atoms with van der Waals surface area (Å²) < 4.78 is 1.66. The summed E-state index contributed by atoms with van der Waals surface area (Å²) in [6.07, 6.45) is 2.23. The SMILES string of the molecule is CC(NCc1cc(Br)c(Cl)s1)C(=O)NC1CC1. The molecule has 17 heavy (non-hydrogen) atoms. The van der Waals surface area contributed by atoms with E-state index < -0.39 is 0 Å². The second kappa shape index (κ2) is 5.69. The van der Waals surface area contributed by atoms with Gasteiger partial charge in [0.05, 0.1) is 6.04 Å². The minimum absolute atomic E-state index is 0.0780. The molecular formula is C11H14BrClN2OS. The number of hydrogen-bond acceptors (Lipinski definition) is 3. The highest BCUT2D eigenvalue weighted by atomic mass is 79.9. The number of hydrogen-bond donors (Lipinski definition) is 2. The second-order valence-electron chi connectivity index (χ2n) is 4.22. The molecule has 0 bridgehead atoms. The first kappa shape index (κ1) is 13.3. The third kappa shape index (κ3) is 3.95. The Kier molecular flexibility index (Phi) is 4.47. The van der Waals surface area contributed by atoms with Gasteiger partial charge in [0, 0.05) is 21.9 Å². The van der Waals surface area contributed by atoms with Crippen LogP contribution in [0.25, 0.3) is 0 Å². The van der Waals surface area contributed by atoms with Crippen LogP contribution in [0.3, 0.4) is 0 Å². The van der Waals surface area contributed by atoms with Crippen molar-refractivity contribution in [3.05, 3.63) is 19.8 Å². The lowest BCUT2D eigenvalue weighted by Gasteiger charge is -2.12. The van der Waals surface area contributed by atoms with E-state index in [4.69, 9.17) is 11.6 Å². The van der Waals surface area contributed by atoms with E-state index in [1.165, 1.54) is 11.3 Å². The molecule has 2 rings (SSSR count). The number of carbonyl (C=O) groups excluding carboxylic acids is 1. The predicted molar refractivity (Wildman–Crippen MR) is 74.5 cm³/mol. The van der Waals surface area contributed by atoms with Gasteiger partial charge in [0.1, 0.15) is 4.34 Å². The molecule has 1 saturated carbocycles. The summed E-state index contributed by atoms with van der Waals surface area (Å²) in [7, 11) is 0. The first-order chi connectivity index (χ1) is 8.06. The molecule has 1 aliphatic carbocycles. The average molecular weight is 338 g/mol. The standard InChI is InChI=1S/C11H14BrClN2OS/c1-6(11(16)15-7-2-3-7)14-5-8-4-9(12)10(13)17-8/h4,6-7,14H,2-3,5H2,1H3,(H,15,16). The summed E-state index contributed by atoms with van der Waals surface area (Å²) in [4.78, 5) is 12.8. The number of amides is 1. The fourth-order valence-corrected chi connectivity index (χ4v) is 3.12. The van der Waals surface area contributed by atoms with Crippen molar-refractivity contribution in [3.8, 4) is 0 Å². The molecule has 1 atom stereocenters. The van der Waals surface area contributed by atoms with Crippen LogP contribution < -0.4 is 10.6 Å². The molecule has 0 aliphatic heterocycles. The van der Waals surface area contributed by atoms with Gasteiger partial charge in [-0.2, -0.15) is 0 Å². The maximum atomic E-state index is 11.7. The van der Waals surface area contributed by atoms with Gasteiger partial charge >= 0.3 is 0 Å². The number of nitrogens with one attached hydrogen (secondary N) is 2. The maximum Gasteiger partial charge on any atom is 0.237 e. The Labute approximate surface area is 118 Å². The topological polar surface area (TPSA) is 41.1 Å². The Balaban J connectivity index is 1.78. The van der Waals surface area contributed by atoms with Gasteiger partial charge in [-0.05, 0) is 41.8 Å². The molecule has 1 fully saturated rings. The van der Waals surface area contributed by atoms with Gasteiger partial charge in [0.15, 0.2) is 0 Å². The third-order valence-corrected chi connectivity index (χ3v) is 5.07. The van der Waals surface area contributed by atoms with Crippen molar-refractivity contribution >= 4 is 44.8 Å². The van der Waals surface area contributed by atoms with Gasteiger partial charge in [-0.3, -0.25) is 4.79 Å². The first-order valence-electron chi connectivity index (χ1n) is 5.53. The normalized spacial score (nSPS) is 16.9. The van der Waals surface area contributed by atoms with Crippen molar-refractivity contribution in [2.45, 2.75) is 38.4 Å². The number of carbonyl (C=O) groups is 1. The molecule has 6 heteroatoms. The van der Waals surface area contributed by atoms with E-state index >= 15 is 0 Å². The molecular weight excluding hydrogens is 324 g/mol. The van der Waals surface area contributed by atoms with Gasteiger partial charge in [0.25, 0.3) is 0 Å². The molecule has 1 amide bonds. The monoisotopic (exact) mass is 336 g/mol. The van der Waals surface area contributed by atoms with Crippen LogP contribution in [0.1, 0.15) is 24.6 Å². The lowest BCUT2D eigenvalue weighted by molar-refractivity contribution is -0.122. The van der Waals surface area contributed by atoms with Gasteiger partial charge < -0.3 is 10.6 Å². The Morgan fingerprint density at radius 3 is 2.94 bits per heavy atom. The van der Waals surface area contributed by atoms with E-state index in [2.05, 4.69) is 26.6 Å². The van der Waals surface area contributed by atoms with E-state index in [-0.39, 0.29) is 11.9 Å². The van der Waals surface area contributed by atoms with Gasteiger partial charge in [-0.15, -0.1) is 11.3 Å². The van der Waals surface area contributed by atoms with Crippen molar-refractivity contribution < 1.29 is 4.79 Å². The molecule has 0 saturated heterocycles. The quantitative estimate of drug-likeness (QED) is 0.867. The molecule has 0 radical (unpaired) electrons. The number of rotatable bonds is 5. The fraction of sp³-hybridized carbons (Fsp3) is 0.545. The molecule has 1 aliphatic rings. The molecule has 3 nitrogen and oxygen atoms in total. The van der Waals surface area contributed by atoms with E-state index in [0.29, 0.717) is 12.6 Å². The van der Waals surface area contributed by atoms with Crippen LogP contribution in [0.5, 0.6) is 0 Å². The molecule has 2 N–H and O–H groups in total. The number of thiophene rings is 1. The highest BCUT2D eigenvalue weighted by molar-refractivity contribution is 9.10. The van der Waals surface area contributed by atoms with Crippen molar-refractivity contribution in [1.82, 2.24) is 10.6 Å². The maximum absolute atomic E-state index is 11.7. The van der Waals surface area contributed by atoms with E-state index in [9.17, 15) is 4.79 Å². The zero-order valence-electron chi connectivity index (χ0n) is 9.43. The summed E-state index contributed by atoms with van der Waals surface area (Å²) in [5.74, 6) is 0.0780. The zero-order chi connectivity index (χ0) is 12.4. The van der Waals surface area contributed by atoms with E-state index in [1.54, 1.807) is 0 Å². The van der Waals surface area contributed by atoms with Gasteiger partial charge in [0.2, 0.25) is 5.91 Å². The third-order valence-electron chi connectivity index (χ3n) is 2.60. The number of halogens is 2. The van der Waals surface area contributed by atoms with Crippen molar-refractivity contribution in [3.63, 3.8) is 0 Å². The van der Waals surface area contributed by atoms with Gasteiger partial charge in [-0.1, -0.05) is 11.6 Å². The lowest BCUT2D eigenvalue weighted by atomic mass is 10.3. The zero-order valence-corrected chi connectivity index (χ0v) is 12.6. The molecule has 94 valence electrons. The van der Waals surface area contributed by atoms with E-state index in [1.807, 2.05) is 13.0 Å². The molecule has 1 unspecified atom stereocenters. The van der Waals surface area contributed by atoms with Crippen LogP contribution in [0.4, 0.5) is 0 Å². The smallest absolute Gasteiger partial charge is 0.237 e. The van der Waals surface area contributed by atoms with Crippen molar-refractivity contribution in [2.24, 2.45) is 0 Å². The van der Waals surface area contributed by atoms with Crippen LogP contribution in [0, 0.1) is 0 Å². The van der Waals surface area contributed by atoms with Crippen LogP contribution >= 0.6 is 38.9 Å². The molecule has 0 aromatic carbocycles. The summed E-state index contributed by atoms with van der Waals surface area (Å²) >= 11 is 10.8. The minimum atomic E-state index is -0.171. The Bertz CT molecular complexity index is 400. The average Bonchev–Trinajstić information content (AvgIpc) is 3.03. The fourth-order valence-electron chi connectivity index (χ4n) is 1.38. The molecule has 1 heterocycles. The van der Waals surface area contributed by atoms with Crippen molar-refractivity contribution in [1.29, 1.82) is 0 Å². The van der Waals surface area contributed by atoms with Crippen LogP contribution in [-0.2, 0) is 11.3 Å². The second-order valence-corrected chi connectivity index (χ2v) is 6.81.